The van der Waals surface area contributed by atoms with Crippen LogP contribution in [-0.4, -0.2) is 6.04 Å². The molecule has 3 unspecified atom stereocenters. The molecule has 3 heteroatoms. The Labute approximate surface area is 114 Å². The van der Waals surface area contributed by atoms with Crippen LogP contribution in [0.15, 0.2) is 18.2 Å². The van der Waals surface area contributed by atoms with Gasteiger partial charge in [0.25, 0.3) is 0 Å². The fourth-order valence-corrected chi connectivity index (χ4v) is 3.05. The lowest BCUT2D eigenvalue weighted by Gasteiger charge is -2.34. The zero-order chi connectivity index (χ0) is 12.4. The highest BCUT2D eigenvalue weighted by Gasteiger charge is 2.25. The fraction of sp³-hybridized carbons (Fsp3) is 0.571. The molecular formula is C14H19Cl2N. The molecule has 0 amide bonds. The second-order valence-corrected chi connectivity index (χ2v) is 6.03. The Morgan fingerprint density at radius 2 is 1.94 bits per heavy atom. The first-order valence-corrected chi connectivity index (χ1v) is 7.04. The normalized spacial score (nSPS) is 29.1. The van der Waals surface area contributed by atoms with Gasteiger partial charge in [0.05, 0.1) is 15.7 Å². The highest BCUT2D eigenvalue weighted by atomic mass is 35.5. The van der Waals surface area contributed by atoms with Crippen LogP contribution in [0.4, 0.5) is 5.69 Å². The molecule has 1 nitrogen and oxygen atoms in total. The van der Waals surface area contributed by atoms with Crippen LogP contribution in [0.3, 0.4) is 0 Å². The smallest absolute Gasteiger partial charge is 0.0823 e. The highest BCUT2D eigenvalue weighted by molar-refractivity contribution is 6.43. The second-order valence-electron chi connectivity index (χ2n) is 5.25. The van der Waals surface area contributed by atoms with Gasteiger partial charge >= 0.3 is 0 Å². The van der Waals surface area contributed by atoms with Crippen molar-refractivity contribution >= 4 is 28.9 Å². The first-order valence-electron chi connectivity index (χ1n) is 6.28. The van der Waals surface area contributed by atoms with Crippen molar-refractivity contribution in [3.05, 3.63) is 28.2 Å². The van der Waals surface area contributed by atoms with Gasteiger partial charge in [-0.05, 0) is 43.2 Å². The molecule has 0 radical (unpaired) electrons. The van der Waals surface area contributed by atoms with Crippen molar-refractivity contribution < 1.29 is 0 Å². The second kappa shape index (κ2) is 5.49. The Kier molecular flexibility index (Phi) is 4.22. The van der Waals surface area contributed by atoms with Crippen LogP contribution < -0.4 is 5.32 Å². The fourth-order valence-electron chi connectivity index (χ4n) is 2.69. The van der Waals surface area contributed by atoms with E-state index in [2.05, 4.69) is 19.2 Å². The summed E-state index contributed by atoms with van der Waals surface area (Å²) in [5.74, 6) is 1.53. The minimum absolute atomic E-state index is 0.516. The molecule has 0 aliphatic heterocycles. The van der Waals surface area contributed by atoms with E-state index in [4.69, 9.17) is 23.2 Å². The number of anilines is 1. The summed E-state index contributed by atoms with van der Waals surface area (Å²) in [5, 5.41) is 4.80. The van der Waals surface area contributed by atoms with E-state index in [0.717, 1.165) is 11.6 Å². The molecule has 1 aromatic rings. The van der Waals surface area contributed by atoms with E-state index in [0.29, 0.717) is 22.0 Å². The van der Waals surface area contributed by atoms with E-state index >= 15 is 0 Å². The number of hydrogen-bond donors (Lipinski definition) is 1. The van der Waals surface area contributed by atoms with Crippen LogP contribution in [0.2, 0.25) is 10.0 Å². The topological polar surface area (TPSA) is 12.0 Å². The van der Waals surface area contributed by atoms with Crippen molar-refractivity contribution in [2.24, 2.45) is 11.8 Å². The van der Waals surface area contributed by atoms with Crippen LogP contribution in [-0.2, 0) is 0 Å². The summed E-state index contributed by atoms with van der Waals surface area (Å²) in [7, 11) is 0. The summed E-state index contributed by atoms with van der Waals surface area (Å²) in [6.07, 6.45) is 3.79. The van der Waals surface area contributed by atoms with Gasteiger partial charge < -0.3 is 5.32 Å². The third kappa shape index (κ3) is 3.08. The predicted molar refractivity (Wildman–Crippen MR) is 76.1 cm³/mol. The van der Waals surface area contributed by atoms with E-state index in [9.17, 15) is 0 Å². The lowest BCUT2D eigenvalue weighted by molar-refractivity contribution is 0.276. The third-order valence-electron chi connectivity index (χ3n) is 3.72. The molecule has 1 N–H and O–H groups in total. The molecule has 0 bridgehead atoms. The van der Waals surface area contributed by atoms with Crippen LogP contribution in [0.25, 0.3) is 0 Å². The molecule has 0 spiro atoms. The highest BCUT2D eigenvalue weighted by Crippen LogP contribution is 2.34. The van der Waals surface area contributed by atoms with Crippen molar-refractivity contribution in [3.63, 3.8) is 0 Å². The van der Waals surface area contributed by atoms with Gasteiger partial charge in [-0.25, -0.2) is 0 Å². The molecular weight excluding hydrogens is 253 g/mol. The SMILES string of the molecule is CC1CCC(Nc2cccc(Cl)c2Cl)C(C)C1. The Morgan fingerprint density at radius 3 is 2.65 bits per heavy atom. The number of benzene rings is 1. The van der Waals surface area contributed by atoms with Gasteiger partial charge in [-0.15, -0.1) is 0 Å². The van der Waals surface area contributed by atoms with E-state index in [1.807, 2.05) is 18.2 Å². The third-order valence-corrected chi connectivity index (χ3v) is 4.54. The van der Waals surface area contributed by atoms with Gasteiger partial charge in [0.15, 0.2) is 0 Å². The number of halogens is 2. The lowest BCUT2D eigenvalue weighted by Crippen LogP contribution is -2.33. The summed E-state index contributed by atoms with van der Waals surface area (Å²) in [5.41, 5.74) is 0.963. The minimum Gasteiger partial charge on any atom is -0.381 e. The molecule has 17 heavy (non-hydrogen) atoms. The maximum absolute atomic E-state index is 6.19. The molecule has 0 saturated heterocycles. The summed E-state index contributed by atoms with van der Waals surface area (Å²) in [6.45, 7) is 4.64. The number of rotatable bonds is 2. The standard InChI is InChI=1S/C14H19Cl2N/c1-9-6-7-12(10(2)8-9)17-13-5-3-4-11(15)14(13)16/h3-5,9-10,12,17H,6-8H2,1-2H3. The molecule has 1 aliphatic rings. The van der Waals surface area contributed by atoms with Crippen molar-refractivity contribution in [2.75, 3.05) is 5.32 Å². The van der Waals surface area contributed by atoms with E-state index in [1.54, 1.807) is 0 Å². The monoisotopic (exact) mass is 271 g/mol. The average molecular weight is 272 g/mol. The van der Waals surface area contributed by atoms with Crippen molar-refractivity contribution in [1.82, 2.24) is 0 Å². The van der Waals surface area contributed by atoms with E-state index < -0.39 is 0 Å². The van der Waals surface area contributed by atoms with Gasteiger partial charge in [0.1, 0.15) is 0 Å². The molecule has 1 aliphatic carbocycles. The lowest BCUT2D eigenvalue weighted by atomic mass is 9.80. The van der Waals surface area contributed by atoms with Crippen LogP contribution in [0.1, 0.15) is 33.1 Å². The number of nitrogens with one attached hydrogen (secondary N) is 1. The largest absolute Gasteiger partial charge is 0.381 e. The minimum atomic E-state index is 0.516. The predicted octanol–water partition coefficient (Wildman–Crippen LogP) is 5.23. The average Bonchev–Trinajstić information content (AvgIpc) is 2.28. The summed E-state index contributed by atoms with van der Waals surface area (Å²) < 4.78 is 0. The Hall–Kier alpha value is -0.400. The Balaban J connectivity index is 2.08. The van der Waals surface area contributed by atoms with Crippen LogP contribution in [0.5, 0.6) is 0 Å². The van der Waals surface area contributed by atoms with Crippen molar-refractivity contribution in [2.45, 2.75) is 39.2 Å². The molecule has 3 atom stereocenters. The molecule has 1 aromatic carbocycles. The summed E-state index contributed by atoms with van der Waals surface area (Å²) in [6, 6.07) is 6.27. The van der Waals surface area contributed by atoms with Gasteiger partial charge in [-0.1, -0.05) is 43.1 Å². The van der Waals surface area contributed by atoms with Gasteiger partial charge in [-0.2, -0.15) is 0 Å². The van der Waals surface area contributed by atoms with Gasteiger partial charge in [0.2, 0.25) is 0 Å². The summed E-state index contributed by atoms with van der Waals surface area (Å²) in [4.78, 5) is 0. The quantitative estimate of drug-likeness (QED) is 0.777. The van der Waals surface area contributed by atoms with Crippen molar-refractivity contribution in [1.29, 1.82) is 0 Å². The maximum Gasteiger partial charge on any atom is 0.0823 e. The van der Waals surface area contributed by atoms with Gasteiger partial charge in [0, 0.05) is 6.04 Å². The van der Waals surface area contributed by atoms with E-state index in [-0.39, 0.29) is 0 Å². The molecule has 1 saturated carbocycles. The molecule has 1 fully saturated rings. The molecule has 2 rings (SSSR count). The number of hydrogen-bond acceptors (Lipinski definition) is 1. The zero-order valence-corrected chi connectivity index (χ0v) is 11.9. The van der Waals surface area contributed by atoms with Gasteiger partial charge in [-0.3, -0.25) is 0 Å². The molecule has 0 aromatic heterocycles. The molecule has 94 valence electrons. The van der Waals surface area contributed by atoms with Crippen LogP contribution in [0, 0.1) is 11.8 Å². The van der Waals surface area contributed by atoms with Crippen LogP contribution >= 0.6 is 23.2 Å². The van der Waals surface area contributed by atoms with E-state index in [1.165, 1.54) is 19.3 Å². The first kappa shape index (κ1) is 13.0. The maximum atomic E-state index is 6.19. The zero-order valence-electron chi connectivity index (χ0n) is 10.3. The first-order chi connectivity index (χ1) is 8.08. The Bertz CT molecular complexity index is 392. The molecule has 0 heterocycles. The Morgan fingerprint density at radius 1 is 1.18 bits per heavy atom. The van der Waals surface area contributed by atoms with Crippen molar-refractivity contribution in [3.8, 4) is 0 Å². The summed E-state index contributed by atoms with van der Waals surface area (Å²) >= 11 is 12.2.